The van der Waals surface area contributed by atoms with Crippen molar-refractivity contribution in [2.24, 2.45) is 7.05 Å². The molecule has 1 atom stereocenters. The first-order chi connectivity index (χ1) is 26.0. The highest BCUT2D eigenvalue weighted by molar-refractivity contribution is 5.91. The number of amides is 4. The normalized spacial score (nSPS) is 20.0. The molecule has 3 saturated heterocycles. The molecule has 4 aliphatic heterocycles. The SMILES string of the molecule is Cc1cc(CC(OC(=O)N2CCC(N3CCc4ccccc4NC3=O)CC2)C(=O)N2CCN(C3CCN(CCC(=O)O)CC3)CC2)cc2oc(=O)n(C)c12. The van der Waals surface area contributed by atoms with E-state index < -0.39 is 23.9 Å². The van der Waals surface area contributed by atoms with E-state index >= 15 is 0 Å². The number of piperidine rings is 2. The second-order valence-electron chi connectivity index (χ2n) is 15.1. The molecule has 5 heterocycles. The van der Waals surface area contributed by atoms with Crippen molar-refractivity contribution in [1.29, 1.82) is 0 Å². The zero-order valence-corrected chi connectivity index (χ0v) is 31.2. The number of carbonyl (C=O) groups is 4. The van der Waals surface area contributed by atoms with Crippen molar-refractivity contribution < 1.29 is 33.4 Å². The van der Waals surface area contributed by atoms with E-state index in [1.807, 2.05) is 42.2 Å². The number of rotatable bonds is 9. The fourth-order valence-corrected chi connectivity index (χ4v) is 8.66. The van der Waals surface area contributed by atoms with Crippen molar-refractivity contribution in [2.75, 3.05) is 70.8 Å². The van der Waals surface area contributed by atoms with Gasteiger partial charge in [0.05, 0.1) is 11.9 Å². The zero-order valence-electron chi connectivity index (χ0n) is 31.2. The van der Waals surface area contributed by atoms with Crippen LogP contribution in [0, 0.1) is 6.92 Å². The molecule has 4 aliphatic rings. The Morgan fingerprint density at radius 2 is 1.61 bits per heavy atom. The minimum atomic E-state index is -1.08. The van der Waals surface area contributed by atoms with Crippen LogP contribution in [0.5, 0.6) is 0 Å². The van der Waals surface area contributed by atoms with E-state index in [1.54, 1.807) is 22.9 Å². The summed E-state index contributed by atoms with van der Waals surface area (Å²) in [6.45, 7) is 7.97. The lowest BCUT2D eigenvalue weighted by Gasteiger charge is -2.43. The molecule has 4 amide bonds. The summed E-state index contributed by atoms with van der Waals surface area (Å²) in [6.07, 6.45) is 2.49. The highest BCUT2D eigenvalue weighted by atomic mass is 16.6. The minimum absolute atomic E-state index is 0.0238. The summed E-state index contributed by atoms with van der Waals surface area (Å²) in [4.78, 5) is 74.3. The zero-order chi connectivity index (χ0) is 37.9. The minimum Gasteiger partial charge on any atom is -0.481 e. The number of ether oxygens (including phenoxy) is 1. The molecule has 1 aromatic heterocycles. The third-order valence-electron chi connectivity index (χ3n) is 11.7. The number of carbonyl (C=O) groups excluding carboxylic acids is 3. The van der Waals surface area contributed by atoms with Crippen LogP contribution in [0.15, 0.2) is 45.6 Å². The first-order valence-electron chi connectivity index (χ1n) is 19.2. The number of piperazine rings is 1. The van der Waals surface area contributed by atoms with Gasteiger partial charge in [-0.2, -0.15) is 0 Å². The number of oxazole rings is 1. The lowest BCUT2D eigenvalue weighted by Crippen LogP contribution is -2.56. The third-order valence-corrected chi connectivity index (χ3v) is 11.7. The molecular formula is C39H51N7O8. The van der Waals surface area contributed by atoms with Crippen LogP contribution >= 0.6 is 0 Å². The number of carboxylic acids is 1. The lowest BCUT2D eigenvalue weighted by atomic mass is 10.0. The largest absolute Gasteiger partial charge is 0.481 e. The van der Waals surface area contributed by atoms with Crippen LogP contribution in [0.1, 0.15) is 48.8 Å². The maximum Gasteiger partial charge on any atom is 0.419 e. The van der Waals surface area contributed by atoms with E-state index in [-0.39, 0.29) is 30.8 Å². The summed E-state index contributed by atoms with van der Waals surface area (Å²) in [7, 11) is 1.65. The molecular weight excluding hydrogens is 694 g/mol. The molecule has 2 aromatic carbocycles. The van der Waals surface area contributed by atoms with Gasteiger partial charge in [-0.3, -0.25) is 19.1 Å². The van der Waals surface area contributed by atoms with Crippen LogP contribution in [-0.4, -0.2) is 142 Å². The number of likely N-dealkylation sites (tertiary alicyclic amines) is 2. The van der Waals surface area contributed by atoms with Crippen LogP contribution in [0.2, 0.25) is 0 Å². The van der Waals surface area contributed by atoms with Crippen LogP contribution in [0.25, 0.3) is 11.1 Å². The number of nitrogens with one attached hydrogen (secondary N) is 1. The molecule has 290 valence electrons. The standard InChI is InChI=1S/C39H51N7O8/c1-26-23-27(24-32-35(26)41(2)38(51)53-32)25-33(36(49)44-21-19-43(20-22-44)29-8-13-42(14-9-29)15-12-34(47)48)54-39(52)45-16-10-30(11-17-45)46-18-7-28-5-3-4-6-31(28)40-37(46)50/h3-6,23-24,29-30,33H,7-22,25H2,1-2H3,(H,40,50)(H,47,48). The van der Waals surface area contributed by atoms with Gasteiger partial charge in [0, 0.05) is 83.6 Å². The second-order valence-corrected chi connectivity index (χ2v) is 15.1. The number of aromatic nitrogens is 1. The van der Waals surface area contributed by atoms with E-state index in [4.69, 9.17) is 14.3 Å². The van der Waals surface area contributed by atoms with Crippen LogP contribution < -0.4 is 11.1 Å². The Balaban J connectivity index is 0.991. The molecule has 7 rings (SSSR count). The molecule has 0 radical (unpaired) electrons. The number of aliphatic carboxylic acids is 1. The molecule has 54 heavy (non-hydrogen) atoms. The van der Waals surface area contributed by atoms with E-state index in [1.165, 1.54) is 4.57 Å². The Morgan fingerprint density at radius 1 is 0.907 bits per heavy atom. The average Bonchev–Trinajstić information content (AvgIpc) is 3.35. The summed E-state index contributed by atoms with van der Waals surface area (Å²) in [6, 6.07) is 11.7. The number of carboxylic acid groups (broad SMARTS) is 1. The van der Waals surface area contributed by atoms with Gasteiger partial charge in [-0.25, -0.2) is 14.4 Å². The maximum absolute atomic E-state index is 14.2. The van der Waals surface area contributed by atoms with Gasteiger partial charge in [0.2, 0.25) is 0 Å². The molecule has 0 saturated carbocycles. The van der Waals surface area contributed by atoms with Crippen molar-refractivity contribution in [3.05, 3.63) is 63.6 Å². The van der Waals surface area contributed by atoms with Gasteiger partial charge >= 0.3 is 23.8 Å². The fourth-order valence-electron chi connectivity index (χ4n) is 8.66. The highest BCUT2D eigenvalue weighted by Gasteiger charge is 2.36. The lowest BCUT2D eigenvalue weighted by molar-refractivity contribution is -0.143. The molecule has 3 aromatic rings. The highest BCUT2D eigenvalue weighted by Crippen LogP contribution is 2.27. The van der Waals surface area contributed by atoms with E-state index in [2.05, 4.69) is 15.1 Å². The smallest absolute Gasteiger partial charge is 0.419 e. The monoisotopic (exact) mass is 745 g/mol. The van der Waals surface area contributed by atoms with Gasteiger partial charge in [0.1, 0.15) is 0 Å². The summed E-state index contributed by atoms with van der Waals surface area (Å²) in [5.41, 5.74) is 4.57. The van der Waals surface area contributed by atoms with Crippen LogP contribution in [0.4, 0.5) is 15.3 Å². The van der Waals surface area contributed by atoms with Crippen molar-refractivity contribution >= 4 is 40.8 Å². The molecule has 0 bridgehead atoms. The molecule has 0 spiro atoms. The molecule has 15 nitrogen and oxygen atoms in total. The van der Waals surface area contributed by atoms with Crippen LogP contribution in [0.3, 0.4) is 0 Å². The number of benzene rings is 2. The Hall–Kier alpha value is -4.89. The second kappa shape index (κ2) is 16.2. The predicted octanol–water partition coefficient (Wildman–Crippen LogP) is 3.13. The number of nitrogens with zero attached hydrogens (tertiary/aromatic N) is 6. The number of fused-ring (bicyclic) bond motifs is 2. The first kappa shape index (κ1) is 37.4. The Morgan fingerprint density at radius 3 is 2.33 bits per heavy atom. The van der Waals surface area contributed by atoms with Gasteiger partial charge in [-0.05, 0) is 80.9 Å². The summed E-state index contributed by atoms with van der Waals surface area (Å²) >= 11 is 0. The maximum atomic E-state index is 14.2. The van der Waals surface area contributed by atoms with E-state index in [9.17, 15) is 24.0 Å². The summed E-state index contributed by atoms with van der Waals surface area (Å²) in [5.74, 6) is -1.51. The summed E-state index contributed by atoms with van der Waals surface area (Å²) < 4.78 is 13.0. The topological polar surface area (TPSA) is 161 Å². The van der Waals surface area contributed by atoms with E-state index in [0.29, 0.717) is 82.3 Å². The number of hydrogen-bond acceptors (Lipinski definition) is 9. The molecule has 1 unspecified atom stereocenters. The number of anilines is 1. The fraction of sp³-hybridized carbons (Fsp3) is 0.564. The molecule has 0 aliphatic carbocycles. The molecule has 15 heteroatoms. The number of para-hydroxylation sites is 1. The number of urea groups is 1. The quantitative estimate of drug-likeness (QED) is 0.333. The summed E-state index contributed by atoms with van der Waals surface area (Å²) in [5, 5.41) is 12.1. The van der Waals surface area contributed by atoms with Crippen LogP contribution in [-0.2, 0) is 34.2 Å². The van der Waals surface area contributed by atoms with Crippen molar-refractivity contribution in [1.82, 2.24) is 29.1 Å². The van der Waals surface area contributed by atoms with Gasteiger partial charge in [0.15, 0.2) is 11.7 Å². The number of aryl methyl sites for hydroxylation is 2. The Labute approximate surface area is 314 Å². The average molecular weight is 746 g/mol. The van der Waals surface area contributed by atoms with Crippen molar-refractivity contribution in [3.8, 4) is 0 Å². The predicted molar refractivity (Wildman–Crippen MR) is 200 cm³/mol. The van der Waals surface area contributed by atoms with Gasteiger partial charge in [0.25, 0.3) is 5.91 Å². The van der Waals surface area contributed by atoms with Gasteiger partial charge in [-0.15, -0.1) is 0 Å². The first-order valence-corrected chi connectivity index (χ1v) is 19.2. The molecule has 3 fully saturated rings. The number of hydrogen-bond donors (Lipinski definition) is 2. The van der Waals surface area contributed by atoms with Gasteiger partial charge < -0.3 is 39.2 Å². The third kappa shape index (κ3) is 8.26. The van der Waals surface area contributed by atoms with Gasteiger partial charge in [-0.1, -0.05) is 24.3 Å². The molecule has 2 N–H and O–H groups in total. The Kier molecular flexibility index (Phi) is 11.2. The van der Waals surface area contributed by atoms with E-state index in [0.717, 1.165) is 54.7 Å². The Bertz CT molecular complexity index is 1920. The van der Waals surface area contributed by atoms with Crippen molar-refractivity contribution in [3.63, 3.8) is 0 Å². The van der Waals surface area contributed by atoms with Crippen molar-refractivity contribution in [2.45, 2.75) is 70.1 Å².